The van der Waals surface area contributed by atoms with Crippen LogP contribution in [0.4, 0.5) is 0 Å². The molecule has 0 N–H and O–H groups in total. The molecule has 2 heteroatoms. The summed E-state index contributed by atoms with van der Waals surface area (Å²) in [6.07, 6.45) is 6.84. The predicted octanol–water partition coefficient (Wildman–Crippen LogP) is 4.58. The van der Waals surface area contributed by atoms with E-state index in [-0.39, 0.29) is 0 Å². The van der Waals surface area contributed by atoms with E-state index in [0.29, 0.717) is 0 Å². The molecule has 0 atom stereocenters. The van der Waals surface area contributed by atoms with Gasteiger partial charge >= 0.3 is 0 Å². The van der Waals surface area contributed by atoms with Crippen molar-refractivity contribution in [2.45, 2.75) is 65.5 Å². The first kappa shape index (κ1) is 17.9. The Balaban J connectivity index is 1.42. The standard InChI is InChI=1S/C22H36N2/c1-4-19-5-7-20(8-6-19)17-23-13-9-21(10-14-23)22-11-15-24(16-12-22)18(2)3/h5-8,18,21-22H,4,9-17H2,1-3H3. The van der Waals surface area contributed by atoms with Crippen molar-refractivity contribution < 1.29 is 0 Å². The molecule has 2 aliphatic rings. The van der Waals surface area contributed by atoms with E-state index < -0.39 is 0 Å². The van der Waals surface area contributed by atoms with Gasteiger partial charge in [0.2, 0.25) is 0 Å². The maximum absolute atomic E-state index is 2.67. The minimum atomic E-state index is 0.729. The maximum Gasteiger partial charge on any atom is 0.0233 e. The van der Waals surface area contributed by atoms with E-state index in [1.807, 2.05) is 0 Å². The summed E-state index contributed by atoms with van der Waals surface area (Å²) in [6.45, 7) is 13.3. The molecule has 0 bridgehead atoms. The Morgan fingerprint density at radius 1 is 0.833 bits per heavy atom. The molecule has 134 valence electrons. The van der Waals surface area contributed by atoms with Gasteiger partial charge in [0.05, 0.1) is 0 Å². The lowest BCUT2D eigenvalue weighted by atomic mass is 9.78. The van der Waals surface area contributed by atoms with Crippen molar-refractivity contribution in [3.05, 3.63) is 35.4 Å². The second-order valence-electron chi connectivity index (χ2n) is 8.25. The van der Waals surface area contributed by atoms with Gasteiger partial charge < -0.3 is 4.90 Å². The number of hydrogen-bond acceptors (Lipinski definition) is 2. The number of hydrogen-bond donors (Lipinski definition) is 0. The van der Waals surface area contributed by atoms with Crippen LogP contribution in [0.15, 0.2) is 24.3 Å². The number of benzene rings is 1. The number of likely N-dealkylation sites (tertiary alicyclic amines) is 2. The van der Waals surface area contributed by atoms with Crippen molar-refractivity contribution in [2.75, 3.05) is 26.2 Å². The fourth-order valence-corrected chi connectivity index (χ4v) is 4.63. The van der Waals surface area contributed by atoms with E-state index in [0.717, 1.165) is 30.8 Å². The minimum absolute atomic E-state index is 0.729. The lowest BCUT2D eigenvalue weighted by molar-refractivity contribution is 0.0817. The van der Waals surface area contributed by atoms with Gasteiger partial charge in [-0.05, 0) is 95.1 Å². The largest absolute Gasteiger partial charge is 0.301 e. The highest BCUT2D eigenvalue weighted by molar-refractivity contribution is 5.22. The monoisotopic (exact) mass is 328 g/mol. The van der Waals surface area contributed by atoms with E-state index in [1.54, 1.807) is 0 Å². The molecule has 0 aliphatic carbocycles. The Labute approximate surface area is 149 Å². The molecular formula is C22H36N2. The fraction of sp³-hybridized carbons (Fsp3) is 0.727. The smallest absolute Gasteiger partial charge is 0.0233 e. The molecule has 2 fully saturated rings. The zero-order valence-electron chi connectivity index (χ0n) is 16.0. The molecule has 0 spiro atoms. The third-order valence-corrected chi connectivity index (χ3v) is 6.44. The zero-order valence-corrected chi connectivity index (χ0v) is 16.0. The van der Waals surface area contributed by atoms with Crippen LogP contribution in [0.5, 0.6) is 0 Å². The lowest BCUT2D eigenvalue weighted by Gasteiger charge is -2.41. The normalized spacial score (nSPS) is 22.3. The highest BCUT2D eigenvalue weighted by Gasteiger charge is 2.29. The molecule has 0 radical (unpaired) electrons. The van der Waals surface area contributed by atoms with Crippen LogP contribution in [-0.2, 0) is 13.0 Å². The fourth-order valence-electron chi connectivity index (χ4n) is 4.63. The Hall–Kier alpha value is -0.860. The van der Waals surface area contributed by atoms with Crippen molar-refractivity contribution in [3.8, 4) is 0 Å². The highest BCUT2D eigenvalue weighted by Crippen LogP contribution is 2.33. The molecule has 0 unspecified atom stereocenters. The van der Waals surface area contributed by atoms with Crippen LogP contribution < -0.4 is 0 Å². The summed E-state index contributed by atoms with van der Waals surface area (Å²) in [6, 6.07) is 9.97. The van der Waals surface area contributed by atoms with E-state index >= 15 is 0 Å². The van der Waals surface area contributed by atoms with Crippen molar-refractivity contribution in [2.24, 2.45) is 11.8 Å². The van der Waals surface area contributed by atoms with Gasteiger partial charge in [0, 0.05) is 12.6 Å². The van der Waals surface area contributed by atoms with Crippen LogP contribution in [-0.4, -0.2) is 42.0 Å². The maximum atomic E-state index is 2.67. The van der Waals surface area contributed by atoms with E-state index in [2.05, 4.69) is 54.8 Å². The number of piperidine rings is 2. The van der Waals surface area contributed by atoms with E-state index in [1.165, 1.54) is 63.0 Å². The average Bonchev–Trinajstić information content (AvgIpc) is 2.63. The van der Waals surface area contributed by atoms with Gasteiger partial charge in [-0.1, -0.05) is 31.2 Å². The van der Waals surface area contributed by atoms with Gasteiger partial charge in [-0.25, -0.2) is 0 Å². The molecule has 2 nitrogen and oxygen atoms in total. The van der Waals surface area contributed by atoms with Crippen LogP contribution in [0.1, 0.15) is 57.6 Å². The van der Waals surface area contributed by atoms with Crippen molar-refractivity contribution >= 4 is 0 Å². The zero-order chi connectivity index (χ0) is 16.9. The summed E-state index contributed by atoms with van der Waals surface area (Å²) in [5.74, 6) is 1.98. The molecule has 2 heterocycles. The van der Waals surface area contributed by atoms with Crippen LogP contribution in [0.3, 0.4) is 0 Å². The summed E-state index contributed by atoms with van der Waals surface area (Å²) in [4.78, 5) is 5.33. The minimum Gasteiger partial charge on any atom is -0.301 e. The third kappa shape index (κ3) is 4.61. The Kier molecular flexibility index (Phi) is 6.35. The van der Waals surface area contributed by atoms with Crippen LogP contribution in [0.25, 0.3) is 0 Å². The van der Waals surface area contributed by atoms with Crippen LogP contribution in [0, 0.1) is 11.8 Å². The highest BCUT2D eigenvalue weighted by atomic mass is 15.2. The summed E-state index contributed by atoms with van der Waals surface area (Å²) >= 11 is 0. The van der Waals surface area contributed by atoms with Crippen molar-refractivity contribution in [3.63, 3.8) is 0 Å². The predicted molar refractivity (Wildman–Crippen MR) is 103 cm³/mol. The second-order valence-corrected chi connectivity index (χ2v) is 8.25. The Morgan fingerprint density at radius 2 is 1.33 bits per heavy atom. The first-order chi connectivity index (χ1) is 11.7. The molecule has 0 saturated carbocycles. The molecule has 1 aromatic carbocycles. The molecule has 1 aromatic rings. The van der Waals surface area contributed by atoms with Gasteiger partial charge in [0.25, 0.3) is 0 Å². The molecule has 2 saturated heterocycles. The number of nitrogens with zero attached hydrogens (tertiary/aromatic N) is 2. The number of aryl methyl sites for hydroxylation is 1. The van der Waals surface area contributed by atoms with Crippen molar-refractivity contribution in [1.82, 2.24) is 9.80 Å². The Bertz CT molecular complexity index is 477. The van der Waals surface area contributed by atoms with E-state index in [9.17, 15) is 0 Å². The van der Waals surface area contributed by atoms with Gasteiger partial charge in [-0.3, -0.25) is 4.90 Å². The lowest BCUT2D eigenvalue weighted by Crippen LogP contribution is -2.42. The van der Waals surface area contributed by atoms with Gasteiger partial charge in [-0.2, -0.15) is 0 Å². The summed E-state index contributed by atoms with van der Waals surface area (Å²) in [7, 11) is 0. The average molecular weight is 329 g/mol. The van der Waals surface area contributed by atoms with Crippen molar-refractivity contribution in [1.29, 1.82) is 0 Å². The molecular weight excluding hydrogens is 292 g/mol. The van der Waals surface area contributed by atoms with Gasteiger partial charge in [-0.15, -0.1) is 0 Å². The summed E-state index contributed by atoms with van der Waals surface area (Å²) < 4.78 is 0. The SMILES string of the molecule is CCc1ccc(CN2CCC(C3CCN(C(C)C)CC3)CC2)cc1. The topological polar surface area (TPSA) is 6.48 Å². The second kappa shape index (κ2) is 8.49. The van der Waals surface area contributed by atoms with Crippen LogP contribution >= 0.6 is 0 Å². The van der Waals surface area contributed by atoms with Gasteiger partial charge in [0.15, 0.2) is 0 Å². The molecule has 2 aliphatic heterocycles. The number of rotatable bonds is 5. The van der Waals surface area contributed by atoms with Crippen LogP contribution in [0.2, 0.25) is 0 Å². The summed E-state index contributed by atoms with van der Waals surface area (Å²) in [5.41, 5.74) is 2.93. The van der Waals surface area contributed by atoms with E-state index in [4.69, 9.17) is 0 Å². The first-order valence-corrected chi connectivity index (χ1v) is 10.2. The molecule has 0 aromatic heterocycles. The Morgan fingerprint density at radius 3 is 1.83 bits per heavy atom. The summed E-state index contributed by atoms with van der Waals surface area (Å²) in [5, 5.41) is 0. The van der Waals surface area contributed by atoms with Gasteiger partial charge in [0.1, 0.15) is 0 Å². The third-order valence-electron chi connectivity index (χ3n) is 6.44. The quantitative estimate of drug-likeness (QED) is 0.780. The molecule has 0 amide bonds. The first-order valence-electron chi connectivity index (χ1n) is 10.2. The molecule has 24 heavy (non-hydrogen) atoms. The molecule has 3 rings (SSSR count).